The lowest BCUT2D eigenvalue weighted by molar-refractivity contribution is -0.167. The Hall–Kier alpha value is -1.59. The fourth-order valence-corrected chi connectivity index (χ4v) is 7.96. The van der Waals surface area contributed by atoms with Crippen LogP contribution in [0.25, 0.3) is 0 Å². The zero-order chi connectivity index (χ0) is 43.3. The van der Waals surface area contributed by atoms with Crippen LogP contribution in [0.1, 0.15) is 291 Å². The van der Waals surface area contributed by atoms with Crippen LogP contribution < -0.4 is 0 Å². The summed E-state index contributed by atoms with van der Waals surface area (Å²) in [6.07, 6.45) is 46.8. The van der Waals surface area contributed by atoms with Crippen molar-refractivity contribution >= 4 is 17.9 Å². The molecule has 0 radical (unpaired) electrons. The van der Waals surface area contributed by atoms with Crippen molar-refractivity contribution < 1.29 is 28.6 Å². The minimum atomic E-state index is -0.760. The zero-order valence-corrected chi connectivity index (χ0v) is 40.4. The number of esters is 3. The highest BCUT2D eigenvalue weighted by molar-refractivity contribution is 5.71. The van der Waals surface area contributed by atoms with Gasteiger partial charge < -0.3 is 14.2 Å². The van der Waals surface area contributed by atoms with Gasteiger partial charge in [0.25, 0.3) is 0 Å². The first-order valence-electron chi connectivity index (χ1n) is 26.3. The summed E-state index contributed by atoms with van der Waals surface area (Å²) in [6, 6.07) is 0. The molecule has 1 unspecified atom stereocenters. The lowest BCUT2D eigenvalue weighted by Crippen LogP contribution is -2.30. The maximum absolute atomic E-state index is 12.7. The van der Waals surface area contributed by atoms with Crippen molar-refractivity contribution in [3.63, 3.8) is 0 Å². The van der Waals surface area contributed by atoms with Crippen LogP contribution in [0.3, 0.4) is 0 Å². The molecule has 0 aromatic carbocycles. The SMILES string of the molecule is CCCCCCCCCC(=O)OC[C@H](COC(=O)CCCCCCCCCCCCCCCCCCCCC(C)CC)OC(=O)CCCCCCCCCCCC(C)C. The summed E-state index contributed by atoms with van der Waals surface area (Å²) in [5.41, 5.74) is 0. The van der Waals surface area contributed by atoms with Crippen LogP contribution in [0.15, 0.2) is 0 Å². The Balaban J connectivity index is 4.11. The Bertz CT molecular complexity index is 902. The van der Waals surface area contributed by atoms with Crippen molar-refractivity contribution in [1.82, 2.24) is 0 Å². The number of carbonyl (C=O) groups excluding carboxylic acids is 3. The molecule has 0 aliphatic carbocycles. The Morgan fingerprint density at radius 3 is 0.966 bits per heavy atom. The Morgan fingerprint density at radius 1 is 0.356 bits per heavy atom. The minimum Gasteiger partial charge on any atom is -0.462 e. The van der Waals surface area contributed by atoms with Crippen LogP contribution in [0.2, 0.25) is 0 Å². The molecule has 0 rings (SSSR count). The van der Waals surface area contributed by atoms with E-state index in [9.17, 15) is 14.4 Å². The van der Waals surface area contributed by atoms with E-state index in [4.69, 9.17) is 14.2 Å². The maximum Gasteiger partial charge on any atom is 0.306 e. The normalized spacial score (nSPS) is 12.5. The van der Waals surface area contributed by atoms with E-state index in [-0.39, 0.29) is 31.1 Å². The predicted molar refractivity (Wildman–Crippen MR) is 252 cm³/mol. The van der Waals surface area contributed by atoms with Crippen molar-refractivity contribution in [3.8, 4) is 0 Å². The second-order valence-electron chi connectivity index (χ2n) is 18.9. The van der Waals surface area contributed by atoms with Gasteiger partial charge in [-0.25, -0.2) is 0 Å². The second kappa shape index (κ2) is 45.9. The van der Waals surface area contributed by atoms with Crippen LogP contribution in [-0.4, -0.2) is 37.2 Å². The molecule has 2 atom stereocenters. The van der Waals surface area contributed by atoms with E-state index >= 15 is 0 Å². The molecule has 0 spiro atoms. The fourth-order valence-electron chi connectivity index (χ4n) is 7.96. The summed E-state index contributed by atoms with van der Waals surface area (Å²) in [5.74, 6) is 0.860. The van der Waals surface area contributed by atoms with Gasteiger partial charge in [0.1, 0.15) is 13.2 Å². The van der Waals surface area contributed by atoms with E-state index in [1.807, 2.05) is 0 Å². The van der Waals surface area contributed by atoms with Crippen LogP contribution in [-0.2, 0) is 28.6 Å². The van der Waals surface area contributed by atoms with Crippen molar-refractivity contribution in [1.29, 1.82) is 0 Å². The molecule has 0 bridgehead atoms. The van der Waals surface area contributed by atoms with Crippen LogP contribution in [0.4, 0.5) is 0 Å². The second-order valence-corrected chi connectivity index (χ2v) is 18.9. The molecule has 6 nitrogen and oxygen atoms in total. The van der Waals surface area contributed by atoms with Gasteiger partial charge in [0.05, 0.1) is 0 Å². The molecule has 0 N–H and O–H groups in total. The first-order chi connectivity index (χ1) is 28.8. The van der Waals surface area contributed by atoms with Crippen LogP contribution in [0, 0.1) is 11.8 Å². The molecular formula is C53H102O6. The van der Waals surface area contributed by atoms with Crippen molar-refractivity contribution in [2.45, 2.75) is 298 Å². The molecule has 6 heteroatoms. The first kappa shape index (κ1) is 57.4. The number of unbranched alkanes of at least 4 members (excludes halogenated alkanes) is 31. The molecular weight excluding hydrogens is 733 g/mol. The van der Waals surface area contributed by atoms with Gasteiger partial charge in [-0.1, -0.05) is 253 Å². The summed E-state index contributed by atoms with van der Waals surface area (Å²) in [4.78, 5) is 37.7. The summed E-state index contributed by atoms with van der Waals surface area (Å²) in [7, 11) is 0. The number of rotatable bonds is 47. The third kappa shape index (κ3) is 45.8. The zero-order valence-electron chi connectivity index (χ0n) is 40.4. The molecule has 0 aromatic heterocycles. The van der Waals surface area contributed by atoms with Gasteiger partial charge in [0.15, 0.2) is 6.10 Å². The fraction of sp³-hybridized carbons (Fsp3) is 0.943. The monoisotopic (exact) mass is 835 g/mol. The molecule has 59 heavy (non-hydrogen) atoms. The summed E-state index contributed by atoms with van der Waals surface area (Å²) in [5, 5.41) is 0. The smallest absolute Gasteiger partial charge is 0.306 e. The molecule has 0 aromatic rings. The van der Waals surface area contributed by atoms with Crippen molar-refractivity contribution in [3.05, 3.63) is 0 Å². The van der Waals surface area contributed by atoms with Gasteiger partial charge >= 0.3 is 17.9 Å². The van der Waals surface area contributed by atoms with Crippen molar-refractivity contribution in [2.75, 3.05) is 13.2 Å². The lowest BCUT2D eigenvalue weighted by Gasteiger charge is -2.18. The summed E-state index contributed by atoms with van der Waals surface area (Å²) < 4.78 is 16.7. The Kier molecular flexibility index (Phi) is 44.7. The standard InChI is InChI=1S/C53H102O6/c1-6-8-9-10-26-33-38-43-51(54)57-46-50(59-53(56)45-40-35-30-25-21-22-27-31-36-41-48(3)4)47-58-52(55)44-39-34-29-24-20-18-16-14-12-11-13-15-17-19-23-28-32-37-42-49(5)7-2/h48-50H,6-47H2,1-5H3/t49?,50-/m1/s1. The van der Waals surface area contributed by atoms with E-state index in [0.717, 1.165) is 69.6 Å². The average Bonchev–Trinajstić information content (AvgIpc) is 3.22. The van der Waals surface area contributed by atoms with Gasteiger partial charge in [-0.05, 0) is 31.1 Å². The predicted octanol–water partition coefficient (Wildman–Crippen LogP) is 16.9. The molecule has 0 aliphatic heterocycles. The molecule has 0 fully saturated rings. The minimum absolute atomic E-state index is 0.0643. The van der Waals surface area contributed by atoms with E-state index in [2.05, 4.69) is 34.6 Å². The summed E-state index contributed by atoms with van der Waals surface area (Å²) >= 11 is 0. The maximum atomic E-state index is 12.7. The van der Waals surface area contributed by atoms with E-state index < -0.39 is 6.10 Å². The van der Waals surface area contributed by atoms with E-state index in [1.165, 1.54) is 180 Å². The molecule has 350 valence electrons. The Labute approximate surface area is 368 Å². The van der Waals surface area contributed by atoms with Crippen LogP contribution in [0.5, 0.6) is 0 Å². The van der Waals surface area contributed by atoms with Gasteiger partial charge in [0.2, 0.25) is 0 Å². The molecule has 0 aliphatic rings. The number of carbonyl (C=O) groups is 3. The van der Waals surface area contributed by atoms with Gasteiger partial charge in [-0.15, -0.1) is 0 Å². The molecule has 0 saturated carbocycles. The quantitative estimate of drug-likeness (QED) is 0.0345. The topological polar surface area (TPSA) is 78.9 Å². The average molecular weight is 835 g/mol. The van der Waals surface area contributed by atoms with E-state index in [1.54, 1.807) is 0 Å². The number of ether oxygens (including phenoxy) is 3. The summed E-state index contributed by atoms with van der Waals surface area (Å²) in [6.45, 7) is 11.4. The molecule has 0 saturated heterocycles. The third-order valence-corrected chi connectivity index (χ3v) is 12.3. The molecule has 0 heterocycles. The Morgan fingerprint density at radius 2 is 0.644 bits per heavy atom. The lowest BCUT2D eigenvalue weighted by atomic mass is 9.99. The van der Waals surface area contributed by atoms with Gasteiger partial charge in [0, 0.05) is 19.3 Å². The number of hydrogen-bond donors (Lipinski definition) is 0. The largest absolute Gasteiger partial charge is 0.462 e. The highest BCUT2D eigenvalue weighted by Crippen LogP contribution is 2.18. The van der Waals surface area contributed by atoms with Crippen molar-refractivity contribution in [2.24, 2.45) is 11.8 Å². The highest BCUT2D eigenvalue weighted by Gasteiger charge is 2.19. The van der Waals surface area contributed by atoms with Gasteiger partial charge in [-0.3, -0.25) is 14.4 Å². The third-order valence-electron chi connectivity index (χ3n) is 12.3. The van der Waals surface area contributed by atoms with Gasteiger partial charge in [-0.2, -0.15) is 0 Å². The number of hydrogen-bond acceptors (Lipinski definition) is 6. The van der Waals surface area contributed by atoms with Crippen LogP contribution >= 0.6 is 0 Å². The first-order valence-corrected chi connectivity index (χ1v) is 26.3. The highest BCUT2D eigenvalue weighted by atomic mass is 16.6. The molecule has 0 amide bonds. The van der Waals surface area contributed by atoms with E-state index in [0.29, 0.717) is 19.3 Å².